The van der Waals surface area contributed by atoms with Crippen LogP contribution in [-0.4, -0.2) is 40.0 Å². The van der Waals surface area contributed by atoms with Gasteiger partial charge in [0.2, 0.25) is 0 Å². The second-order valence-electron chi connectivity index (χ2n) is 5.63. The van der Waals surface area contributed by atoms with E-state index in [0.717, 1.165) is 15.7 Å². The van der Waals surface area contributed by atoms with Crippen molar-refractivity contribution in [2.45, 2.75) is 12.6 Å². The molecule has 0 amide bonds. The number of aromatic nitrogens is 3. The number of ether oxygens (including phenoxy) is 2. The third kappa shape index (κ3) is 2.79. The smallest absolute Gasteiger partial charge is 0.335 e. The van der Waals surface area contributed by atoms with Crippen LogP contribution in [0.2, 0.25) is 0 Å². The van der Waals surface area contributed by atoms with Crippen molar-refractivity contribution in [3.63, 3.8) is 0 Å². The van der Waals surface area contributed by atoms with Crippen LogP contribution in [0.25, 0.3) is 16.9 Å². The fourth-order valence-corrected chi connectivity index (χ4v) is 3.26. The van der Waals surface area contributed by atoms with Crippen molar-refractivity contribution in [3.8, 4) is 5.69 Å². The molecular weight excluding hydrogens is 374 g/mol. The van der Waals surface area contributed by atoms with Gasteiger partial charge in [0.25, 0.3) is 0 Å². The minimum Gasteiger partial charge on any atom is -0.376 e. The molecule has 1 fully saturated rings. The molecule has 7 heteroatoms. The fraction of sp³-hybridized carbons (Fsp3) is 0.294. The average molecular weight is 390 g/mol. The van der Waals surface area contributed by atoms with Crippen LogP contribution < -0.4 is 5.69 Å². The summed E-state index contributed by atoms with van der Waals surface area (Å²) in [6, 6.07) is 11.4. The Balaban J connectivity index is 1.88. The van der Waals surface area contributed by atoms with E-state index in [2.05, 4.69) is 20.9 Å². The maximum atomic E-state index is 13.0. The van der Waals surface area contributed by atoms with E-state index in [4.69, 9.17) is 9.47 Å². The van der Waals surface area contributed by atoms with Crippen molar-refractivity contribution in [3.05, 3.63) is 57.6 Å². The zero-order valence-corrected chi connectivity index (χ0v) is 14.5. The van der Waals surface area contributed by atoms with Crippen molar-refractivity contribution in [2.24, 2.45) is 0 Å². The normalized spacial score (nSPS) is 18.1. The lowest BCUT2D eigenvalue weighted by Crippen LogP contribution is -2.35. The first-order valence-electron chi connectivity index (χ1n) is 7.75. The van der Waals surface area contributed by atoms with Crippen LogP contribution in [0.5, 0.6) is 0 Å². The Bertz CT molecular complexity index is 914. The Morgan fingerprint density at radius 1 is 1.25 bits per heavy atom. The second kappa shape index (κ2) is 6.51. The lowest BCUT2D eigenvalue weighted by Gasteiger charge is -2.23. The highest BCUT2D eigenvalue weighted by Crippen LogP contribution is 2.20. The first-order valence-corrected chi connectivity index (χ1v) is 8.55. The monoisotopic (exact) mass is 389 g/mol. The van der Waals surface area contributed by atoms with Gasteiger partial charge in [-0.1, -0.05) is 18.2 Å². The molecule has 24 heavy (non-hydrogen) atoms. The van der Waals surface area contributed by atoms with Gasteiger partial charge in [0.05, 0.1) is 43.7 Å². The van der Waals surface area contributed by atoms with Gasteiger partial charge in [0.1, 0.15) is 0 Å². The molecule has 6 nitrogen and oxygen atoms in total. The van der Waals surface area contributed by atoms with Crippen LogP contribution in [0.3, 0.4) is 0 Å². The largest absolute Gasteiger partial charge is 0.376 e. The van der Waals surface area contributed by atoms with Gasteiger partial charge in [-0.25, -0.2) is 14.3 Å². The summed E-state index contributed by atoms with van der Waals surface area (Å²) in [6.45, 7) is 2.09. The van der Waals surface area contributed by atoms with Gasteiger partial charge < -0.3 is 9.47 Å². The number of benzene rings is 1. The number of rotatable bonds is 3. The molecule has 0 unspecified atom stereocenters. The summed E-state index contributed by atoms with van der Waals surface area (Å²) in [5.74, 6) is 0. The number of fused-ring (bicyclic) bond motifs is 1. The molecule has 2 aromatic heterocycles. The average Bonchev–Trinajstić information content (AvgIpc) is 2.88. The molecule has 0 radical (unpaired) electrons. The Morgan fingerprint density at radius 3 is 2.83 bits per heavy atom. The quantitative estimate of drug-likeness (QED) is 0.689. The third-order valence-corrected chi connectivity index (χ3v) is 4.46. The van der Waals surface area contributed by atoms with Gasteiger partial charge in [0, 0.05) is 10.7 Å². The van der Waals surface area contributed by atoms with Gasteiger partial charge in [0.15, 0.2) is 5.65 Å². The van der Waals surface area contributed by atoms with E-state index in [1.807, 2.05) is 36.4 Å². The van der Waals surface area contributed by atoms with Gasteiger partial charge >= 0.3 is 5.69 Å². The minimum absolute atomic E-state index is 0.129. The number of halogens is 1. The molecule has 1 aliphatic heterocycles. The Morgan fingerprint density at radius 2 is 2.08 bits per heavy atom. The van der Waals surface area contributed by atoms with Crippen LogP contribution >= 0.6 is 15.9 Å². The molecule has 124 valence electrons. The van der Waals surface area contributed by atoms with Crippen LogP contribution in [0.15, 0.2) is 51.9 Å². The van der Waals surface area contributed by atoms with E-state index >= 15 is 0 Å². The van der Waals surface area contributed by atoms with E-state index in [1.165, 1.54) is 0 Å². The Hall–Kier alpha value is -1.96. The molecule has 4 rings (SSSR count). The van der Waals surface area contributed by atoms with E-state index in [1.54, 1.807) is 15.3 Å². The van der Waals surface area contributed by atoms with Gasteiger partial charge in [-0.3, -0.25) is 4.57 Å². The number of hydrogen-bond acceptors (Lipinski definition) is 4. The van der Waals surface area contributed by atoms with Crippen molar-refractivity contribution < 1.29 is 9.47 Å². The number of hydrogen-bond donors (Lipinski definition) is 0. The van der Waals surface area contributed by atoms with Crippen LogP contribution in [0.4, 0.5) is 0 Å². The molecule has 1 aliphatic rings. The summed E-state index contributed by atoms with van der Waals surface area (Å²) in [5, 5.41) is 0. The summed E-state index contributed by atoms with van der Waals surface area (Å²) in [5.41, 5.74) is 2.07. The van der Waals surface area contributed by atoms with Gasteiger partial charge in [-0.2, -0.15) is 0 Å². The first-order chi connectivity index (χ1) is 11.7. The fourth-order valence-electron chi connectivity index (χ4n) is 2.94. The highest BCUT2D eigenvalue weighted by Gasteiger charge is 2.21. The summed E-state index contributed by atoms with van der Waals surface area (Å²) < 4.78 is 15.3. The SMILES string of the molecule is O=c1n(C[C@@H]2COCCO2)c2cc(Br)cnc2n1-c1ccccc1. The maximum absolute atomic E-state index is 13.0. The van der Waals surface area contributed by atoms with Gasteiger partial charge in [-0.05, 0) is 34.1 Å². The Kier molecular flexibility index (Phi) is 4.22. The predicted molar refractivity (Wildman–Crippen MR) is 93.6 cm³/mol. The molecule has 0 bridgehead atoms. The molecule has 3 aromatic rings. The maximum Gasteiger partial charge on any atom is 0.335 e. The third-order valence-electron chi connectivity index (χ3n) is 4.02. The van der Waals surface area contributed by atoms with Crippen LogP contribution in [0.1, 0.15) is 0 Å². The van der Waals surface area contributed by atoms with Crippen molar-refractivity contribution in [1.29, 1.82) is 0 Å². The van der Waals surface area contributed by atoms with Crippen LogP contribution in [-0.2, 0) is 16.0 Å². The summed E-state index contributed by atoms with van der Waals surface area (Å²) in [6.07, 6.45) is 1.57. The highest BCUT2D eigenvalue weighted by atomic mass is 79.9. The predicted octanol–water partition coefficient (Wildman–Crippen LogP) is 2.37. The summed E-state index contributed by atoms with van der Waals surface area (Å²) in [7, 11) is 0. The number of nitrogens with zero attached hydrogens (tertiary/aromatic N) is 3. The zero-order chi connectivity index (χ0) is 16.5. The van der Waals surface area contributed by atoms with Crippen molar-refractivity contribution >= 4 is 27.1 Å². The topological polar surface area (TPSA) is 58.3 Å². The molecule has 1 aromatic carbocycles. The minimum atomic E-state index is -0.134. The number of pyridine rings is 1. The Labute approximate surface area is 146 Å². The van der Waals surface area contributed by atoms with E-state index in [9.17, 15) is 4.79 Å². The molecule has 3 heterocycles. The highest BCUT2D eigenvalue weighted by molar-refractivity contribution is 9.10. The zero-order valence-electron chi connectivity index (χ0n) is 12.9. The van der Waals surface area contributed by atoms with E-state index in [-0.39, 0.29) is 11.8 Å². The number of imidazole rings is 1. The first kappa shape index (κ1) is 15.6. The standard InChI is InChI=1S/C17H16BrN3O3/c18-12-8-15-16(19-9-12)21(13-4-2-1-3-5-13)17(22)20(15)10-14-11-23-6-7-24-14/h1-5,8-9,14H,6-7,10-11H2/t14-/m1/s1. The summed E-state index contributed by atoms with van der Waals surface area (Å²) in [4.78, 5) is 17.5. The molecule has 1 saturated heterocycles. The van der Waals surface area contributed by atoms with Crippen molar-refractivity contribution in [1.82, 2.24) is 14.1 Å². The summed E-state index contributed by atoms with van der Waals surface area (Å²) >= 11 is 3.44. The lowest BCUT2D eigenvalue weighted by atomic mass is 10.3. The number of para-hydroxylation sites is 1. The molecule has 0 saturated carbocycles. The van der Waals surface area contributed by atoms with Crippen molar-refractivity contribution in [2.75, 3.05) is 19.8 Å². The lowest BCUT2D eigenvalue weighted by molar-refractivity contribution is -0.0935. The van der Waals surface area contributed by atoms with E-state index < -0.39 is 0 Å². The molecule has 0 spiro atoms. The molecule has 1 atom stereocenters. The van der Waals surface area contributed by atoms with E-state index in [0.29, 0.717) is 32.0 Å². The molecule has 0 aliphatic carbocycles. The molecule has 0 N–H and O–H groups in total. The second-order valence-corrected chi connectivity index (χ2v) is 6.54. The molecular formula is C17H16BrN3O3. The van der Waals surface area contributed by atoms with Crippen LogP contribution in [0, 0.1) is 0 Å². The van der Waals surface area contributed by atoms with Gasteiger partial charge in [-0.15, -0.1) is 0 Å².